The fraction of sp³-hybridized carbons (Fsp3) is 0.259. The highest BCUT2D eigenvalue weighted by Gasteiger charge is 2.26. The molecule has 0 radical (unpaired) electrons. The van der Waals surface area contributed by atoms with Crippen molar-refractivity contribution in [2.24, 2.45) is 0 Å². The molecule has 3 heterocycles. The van der Waals surface area contributed by atoms with Gasteiger partial charge in [-0.3, -0.25) is 0 Å². The highest BCUT2D eigenvalue weighted by atomic mass is 14.9. The van der Waals surface area contributed by atoms with E-state index >= 15 is 0 Å². The lowest BCUT2D eigenvalue weighted by molar-refractivity contribution is 0.730. The van der Waals surface area contributed by atoms with E-state index in [1.54, 1.807) is 6.33 Å². The first kappa shape index (κ1) is 16.6. The van der Waals surface area contributed by atoms with E-state index in [2.05, 4.69) is 60.7 Å². The first-order valence-electron chi connectivity index (χ1n) is 11.0. The molecule has 0 N–H and O–H groups in total. The van der Waals surface area contributed by atoms with Gasteiger partial charge >= 0.3 is 0 Å². The third-order valence-electron chi connectivity index (χ3n) is 7.29. The quantitative estimate of drug-likeness (QED) is 0.223. The molecule has 7 rings (SSSR count). The third-order valence-corrected chi connectivity index (χ3v) is 7.29. The number of aromatic nitrogens is 3. The van der Waals surface area contributed by atoms with E-state index in [1.807, 2.05) is 0 Å². The Labute approximate surface area is 174 Å². The maximum absolute atomic E-state index is 4.82. The van der Waals surface area contributed by atoms with Gasteiger partial charge in [-0.05, 0) is 61.9 Å². The van der Waals surface area contributed by atoms with Crippen LogP contribution in [0.15, 0.2) is 48.8 Å². The average molecular weight is 390 g/mol. The van der Waals surface area contributed by atoms with Crippen molar-refractivity contribution in [1.29, 1.82) is 0 Å². The second kappa shape index (κ2) is 5.69. The summed E-state index contributed by atoms with van der Waals surface area (Å²) in [6.07, 6.45) is 6.99. The first-order valence-corrected chi connectivity index (χ1v) is 11.0. The summed E-state index contributed by atoms with van der Waals surface area (Å²) in [5.41, 5.74) is 10.1. The van der Waals surface area contributed by atoms with Crippen molar-refractivity contribution in [3.63, 3.8) is 0 Å². The Morgan fingerprint density at radius 2 is 1.70 bits per heavy atom. The standard InChI is InChI=1S/C27H23N3/c1-15-11-16(2)26-20(12-15)25-24-21(28-14-29-25)13-19(17-7-3-4-8-17)23-18-9-5-6-10-22(18)30(26)27(23)24/h5-6,9-14,17H,3-4,7-8H2,1-2H3. The number of aryl methyl sites for hydroxylation is 2. The predicted molar refractivity (Wildman–Crippen MR) is 125 cm³/mol. The van der Waals surface area contributed by atoms with Crippen molar-refractivity contribution in [3.8, 4) is 0 Å². The summed E-state index contributed by atoms with van der Waals surface area (Å²) in [5.74, 6) is 0.632. The molecule has 1 saturated carbocycles. The van der Waals surface area contributed by atoms with E-state index in [-0.39, 0.29) is 0 Å². The van der Waals surface area contributed by atoms with Crippen molar-refractivity contribution >= 4 is 49.1 Å². The topological polar surface area (TPSA) is 30.2 Å². The van der Waals surface area contributed by atoms with Gasteiger partial charge in [-0.1, -0.05) is 42.7 Å². The summed E-state index contributed by atoms with van der Waals surface area (Å²) in [5, 5.41) is 5.22. The number of nitrogens with zero attached hydrogens (tertiary/aromatic N) is 3. The normalized spacial score (nSPS) is 15.7. The number of hydrogen-bond donors (Lipinski definition) is 0. The van der Waals surface area contributed by atoms with E-state index < -0.39 is 0 Å². The molecule has 0 saturated heterocycles. The van der Waals surface area contributed by atoms with Crippen molar-refractivity contribution in [2.45, 2.75) is 45.4 Å². The summed E-state index contributed by atoms with van der Waals surface area (Å²) in [7, 11) is 0. The molecule has 0 spiro atoms. The molecule has 3 aromatic carbocycles. The molecule has 1 aliphatic rings. The molecular formula is C27H23N3. The average Bonchev–Trinajstić information content (AvgIpc) is 3.40. The van der Waals surface area contributed by atoms with Gasteiger partial charge in [0.1, 0.15) is 6.33 Å². The second-order valence-electron chi connectivity index (χ2n) is 9.12. The SMILES string of the molecule is Cc1cc(C)c2c(c1)c1ncnc3cc(C4CCCC4)c4c5ccccc5n2c4c31. The molecule has 1 fully saturated rings. The zero-order valence-corrected chi connectivity index (χ0v) is 17.4. The lowest BCUT2D eigenvalue weighted by atomic mass is 9.90. The van der Waals surface area contributed by atoms with Gasteiger partial charge < -0.3 is 4.40 Å². The molecule has 3 nitrogen and oxygen atoms in total. The first-order chi connectivity index (χ1) is 14.7. The Balaban J connectivity index is 1.87. The van der Waals surface area contributed by atoms with Gasteiger partial charge in [0.15, 0.2) is 0 Å². The minimum atomic E-state index is 0.632. The molecule has 0 unspecified atom stereocenters. The van der Waals surface area contributed by atoms with Crippen molar-refractivity contribution in [2.75, 3.05) is 0 Å². The lowest BCUT2D eigenvalue weighted by Crippen LogP contribution is -2.00. The van der Waals surface area contributed by atoms with Gasteiger partial charge in [-0.25, -0.2) is 9.97 Å². The van der Waals surface area contributed by atoms with Crippen molar-refractivity contribution in [3.05, 3.63) is 65.5 Å². The Morgan fingerprint density at radius 1 is 0.867 bits per heavy atom. The molecule has 30 heavy (non-hydrogen) atoms. The highest BCUT2D eigenvalue weighted by molar-refractivity contribution is 6.28. The number of hydrogen-bond acceptors (Lipinski definition) is 2. The Bertz CT molecular complexity index is 1620. The minimum absolute atomic E-state index is 0.632. The molecule has 0 bridgehead atoms. The Hall–Kier alpha value is -3.20. The van der Waals surface area contributed by atoms with Crippen LogP contribution in [-0.4, -0.2) is 14.4 Å². The summed E-state index contributed by atoms with van der Waals surface area (Å²) in [6.45, 7) is 4.41. The molecule has 3 heteroatoms. The van der Waals surface area contributed by atoms with Gasteiger partial charge in [-0.2, -0.15) is 0 Å². The van der Waals surface area contributed by atoms with Gasteiger partial charge in [0.05, 0.1) is 33.0 Å². The fourth-order valence-corrected chi connectivity index (χ4v) is 6.16. The van der Waals surface area contributed by atoms with Crippen LogP contribution in [0.5, 0.6) is 0 Å². The maximum atomic E-state index is 4.82. The van der Waals surface area contributed by atoms with Crippen LogP contribution in [0.25, 0.3) is 49.1 Å². The molecule has 0 atom stereocenters. The van der Waals surface area contributed by atoms with Crippen LogP contribution < -0.4 is 0 Å². The van der Waals surface area contributed by atoms with Gasteiger partial charge in [-0.15, -0.1) is 0 Å². The van der Waals surface area contributed by atoms with Crippen LogP contribution in [0.1, 0.15) is 48.3 Å². The van der Waals surface area contributed by atoms with E-state index in [4.69, 9.17) is 9.97 Å². The van der Waals surface area contributed by atoms with Gasteiger partial charge in [0, 0.05) is 16.2 Å². The lowest BCUT2D eigenvalue weighted by Gasteiger charge is -2.17. The number of para-hydroxylation sites is 1. The summed E-state index contributed by atoms with van der Waals surface area (Å²) >= 11 is 0. The number of fused-ring (bicyclic) bond motifs is 6. The number of rotatable bonds is 1. The van der Waals surface area contributed by atoms with Gasteiger partial charge in [0.2, 0.25) is 0 Å². The molecule has 0 amide bonds. The smallest absolute Gasteiger partial charge is 0.116 e. The molecule has 6 aromatic rings. The van der Waals surface area contributed by atoms with Crippen LogP contribution >= 0.6 is 0 Å². The van der Waals surface area contributed by atoms with E-state index in [0.717, 1.165) is 11.0 Å². The van der Waals surface area contributed by atoms with Crippen LogP contribution in [-0.2, 0) is 0 Å². The third kappa shape index (κ3) is 1.95. The van der Waals surface area contributed by atoms with Gasteiger partial charge in [0.25, 0.3) is 0 Å². The summed E-state index contributed by atoms with van der Waals surface area (Å²) in [6, 6.07) is 15.9. The van der Waals surface area contributed by atoms with Crippen molar-refractivity contribution < 1.29 is 0 Å². The Morgan fingerprint density at radius 3 is 2.57 bits per heavy atom. The predicted octanol–water partition coefficient (Wildman–Crippen LogP) is 7.05. The number of pyridine rings is 1. The van der Waals surface area contributed by atoms with Crippen LogP contribution in [0, 0.1) is 13.8 Å². The molecule has 3 aromatic heterocycles. The fourth-order valence-electron chi connectivity index (χ4n) is 6.16. The molecule has 0 aliphatic heterocycles. The largest absolute Gasteiger partial charge is 0.308 e. The van der Waals surface area contributed by atoms with Crippen molar-refractivity contribution in [1.82, 2.24) is 14.4 Å². The summed E-state index contributed by atoms with van der Waals surface area (Å²) < 4.78 is 2.51. The van der Waals surface area contributed by atoms with E-state index in [1.165, 1.54) is 80.5 Å². The van der Waals surface area contributed by atoms with E-state index in [9.17, 15) is 0 Å². The monoisotopic (exact) mass is 389 g/mol. The molecule has 1 aliphatic carbocycles. The Kier molecular flexibility index (Phi) is 3.15. The highest BCUT2D eigenvalue weighted by Crippen LogP contribution is 2.46. The van der Waals surface area contributed by atoms with Crippen LogP contribution in [0.2, 0.25) is 0 Å². The number of benzene rings is 3. The zero-order chi connectivity index (χ0) is 20.0. The molecular weight excluding hydrogens is 366 g/mol. The van der Waals surface area contributed by atoms with Crippen LogP contribution in [0.4, 0.5) is 0 Å². The second-order valence-corrected chi connectivity index (χ2v) is 9.12. The maximum Gasteiger partial charge on any atom is 0.116 e. The minimum Gasteiger partial charge on any atom is -0.308 e. The van der Waals surface area contributed by atoms with Crippen LogP contribution in [0.3, 0.4) is 0 Å². The molecule has 146 valence electrons. The summed E-state index contributed by atoms with van der Waals surface area (Å²) in [4.78, 5) is 9.58. The van der Waals surface area contributed by atoms with E-state index in [0.29, 0.717) is 5.92 Å². The zero-order valence-electron chi connectivity index (χ0n) is 17.4.